The first kappa shape index (κ1) is 13.7. The fourth-order valence-corrected chi connectivity index (χ4v) is 2.05. The quantitative estimate of drug-likeness (QED) is 0.867. The van der Waals surface area contributed by atoms with Crippen LogP contribution in [0, 0.1) is 5.41 Å². The summed E-state index contributed by atoms with van der Waals surface area (Å²) in [6.45, 7) is 6.80. The number of hydrogen-bond donors (Lipinski definition) is 1. The second-order valence-corrected chi connectivity index (χ2v) is 5.73. The molecule has 0 saturated carbocycles. The monoisotopic (exact) mass is 285 g/mol. The minimum absolute atomic E-state index is 0.181. The molecule has 0 amide bonds. The molecule has 0 radical (unpaired) electrons. The standard InChI is InChI=1S/C13H20BrNO/c1-13(2,9-15-3)10-16-8-11-5-4-6-12(14)7-11/h4-7,15H,8-10H2,1-3H3. The fourth-order valence-electron chi connectivity index (χ4n) is 1.60. The van der Waals surface area contributed by atoms with E-state index >= 15 is 0 Å². The molecular formula is C13H20BrNO. The summed E-state index contributed by atoms with van der Waals surface area (Å²) in [5.74, 6) is 0. The van der Waals surface area contributed by atoms with E-state index < -0.39 is 0 Å². The average molecular weight is 286 g/mol. The topological polar surface area (TPSA) is 21.3 Å². The molecule has 0 unspecified atom stereocenters. The van der Waals surface area contributed by atoms with Gasteiger partial charge in [0.05, 0.1) is 13.2 Å². The molecule has 90 valence electrons. The highest BCUT2D eigenvalue weighted by Gasteiger charge is 2.16. The molecule has 16 heavy (non-hydrogen) atoms. The van der Waals surface area contributed by atoms with Gasteiger partial charge in [0, 0.05) is 16.4 Å². The van der Waals surface area contributed by atoms with Gasteiger partial charge >= 0.3 is 0 Å². The molecule has 0 spiro atoms. The van der Waals surface area contributed by atoms with Gasteiger partial charge in [-0.15, -0.1) is 0 Å². The van der Waals surface area contributed by atoms with Gasteiger partial charge in [-0.1, -0.05) is 41.9 Å². The highest BCUT2D eigenvalue weighted by atomic mass is 79.9. The van der Waals surface area contributed by atoms with Crippen LogP contribution in [0.25, 0.3) is 0 Å². The SMILES string of the molecule is CNCC(C)(C)COCc1cccc(Br)c1. The van der Waals surface area contributed by atoms with Crippen molar-refractivity contribution in [1.29, 1.82) is 0 Å². The number of rotatable bonds is 6. The van der Waals surface area contributed by atoms with Crippen LogP contribution in [0.15, 0.2) is 28.7 Å². The van der Waals surface area contributed by atoms with Gasteiger partial charge in [0.2, 0.25) is 0 Å². The van der Waals surface area contributed by atoms with Crippen molar-refractivity contribution in [3.05, 3.63) is 34.3 Å². The van der Waals surface area contributed by atoms with Crippen LogP contribution in [0.1, 0.15) is 19.4 Å². The molecule has 0 aliphatic carbocycles. The van der Waals surface area contributed by atoms with Crippen molar-refractivity contribution < 1.29 is 4.74 Å². The second kappa shape index (κ2) is 6.38. The molecule has 1 aromatic carbocycles. The van der Waals surface area contributed by atoms with E-state index in [1.54, 1.807) is 0 Å². The summed E-state index contributed by atoms with van der Waals surface area (Å²) in [7, 11) is 1.97. The number of nitrogens with one attached hydrogen (secondary N) is 1. The summed E-state index contributed by atoms with van der Waals surface area (Å²) < 4.78 is 6.83. The molecule has 0 saturated heterocycles. The Kier molecular flexibility index (Phi) is 5.46. The van der Waals surface area contributed by atoms with Gasteiger partial charge in [0.1, 0.15) is 0 Å². The largest absolute Gasteiger partial charge is 0.376 e. The van der Waals surface area contributed by atoms with E-state index in [4.69, 9.17) is 4.74 Å². The fraction of sp³-hybridized carbons (Fsp3) is 0.538. The normalized spacial score (nSPS) is 11.8. The van der Waals surface area contributed by atoms with Crippen molar-refractivity contribution >= 4 is 15.9 Å². The Bertz CT molecular complexity index is 325. The summed E-state index contributed by atoms with van der Waals surface area (Å²) in [5.41, 5.74) is 1.38. The molecule has 1 rings (SSSR count). The Hall–Kier alpha value is -0.380. The molecule has 0 bridgehead atoms. The third-order valence-corrected chi connectivity index (χ3v) is 2.80. The summed E-state index contributed by atoms with van der Waals surface area (Å²) in [6, 6.07) is 8.22. The maximum absolute atomic E-state index is 5.73. The minimum Gasteiger partial charge on any atom is -0.376 e. The van der Waals surface area contributed by atoms with Crippen molar-refractivity contribution in [3.8, 4) is 0 Å². The zero-order chi connectivity index (χ0) is 12.0. The highest BCUT2D eigenvalue weighted by molar-refractivity contribution is 9.10. The molecule has 1 N–H and O–H groups in total. The van der Waals surface area contributed by atoms with Crippen molar-refractivity contribution in [1.82, 2.24) is 5.32 Å². The lowest BCUT2D eigenvalue weighted by Gasteiger charge is -2.23. The van der Waals surface area contributed by atoms with E-state index in [1.807, 2.05) is 19.2 Å². The van der Waals surface area contributed by atoms with Crippen LogP contribution < -0.4 is 5.32 Å². The van der Waals surface area contributed by atoms with E-state index in [1.165, 1.54) is 5.56 Å². The molecule has 0 atom stereocenters. The van der Waals surface area contributed by atoms with E-state index in [0.29, 0.717) is 6.61 Å². The number of halogens is 1. The van der Waals surface area contributed by atoms with E-state index in [2.05, 4.69) is 47.2 Å². The highest BCUT2D eigenvalue weighted by Crippen LogP contribution is 2.16. The van der Waals surface area contributed by atoms with Gasteiger partial charge in [-0.05, 0) is 24.7 Å². The number of benzene rings is 1. The van der Waals surface area contributed by atoms with Gasteiger partial charge in [0.25, 0.3) is 0 Å². The first-order valence-corrected chi connectivity index (χ1v) is 6.29. The van der Waals surface area contributed by atoms with Crippen LogP contribution in [0.5, 0.6) is 0 Å². The third kappa shape index (κ3) is 5.10. The zero-order valence-corrected chi connectivity index (χ0v) is 11.8. The average Bonchev–Trinajstić information content (AvgIpc) is 2.17. The lowest BCUT2D eigenvalue weighted by molar-refractivity contribution is 0.0521. The van der Waals surface area contributed by atoms with Crippen molar-refractivity contribution in [2.75, 3.05) is 20.2 Å². The van der Waals surface area contributed by atoms with Crippen molar-refractivity contribution in [2.24, 2.45) is 5.41 Å². The van der Waals surface area contributed by atoms with E-state index in [0.717, 1.165) is 17.6 Å². The minimum atomic E-state index is 0.181. The molecule has 0 aliphatic rings. The Morgan fingerprint density at radius 3 is 2.75 bits per heavy atom. The molecule has 2 nitrogen and oxygen atoms in total. The van der Waals surface area contributed by atoms with Gasteiger partial charge in [0.15, 0.2) is 0 Å². The summed E-state index contributed by atoms with van der Waals surface area (Å²) in [5, 5.41) is 3.18. The van der Waals surface area contributed by atoms with Gasteiger partial charge in [-0.2, -0.15) is 0 Å². The lowest BCUT2D eigenvalue weighted by atomic mass is 9.95. The summed E-state index contributed by atoms with van der Waals surface area (Å²) in [6.07, 6.45) is 0. The first-order valence-electron chi connectivity index (χ1n) is 5.50. The van der Waals surface area contributed by atoms with Gasteiger partial charge in [-0.3, -0.25) is 0 Å². The molecule has 0 aromatic heterocycles. The Morgan fingerprint density at radius 1 is 1.38 bits per heavy atom. The van der Waals surface area contributed by atoms with Crippen molar-refractivity contribution in [3.63, 3.8) is 0 Å². The van der Waals surface area contributed by atoms with Crippen LogP contribution in [0.3, 0.4) is 0 Å². The second-order valence-electron chi connectivity index (χ2n) is 4.82. The zero-order valence-electron chi connectivity index (χ0n) is 10.2. The van der Waals surface area contributed by atoms with Crippen LogP contribution in [-0.2, 0) is 11.3 Å². The van der Waals surface area contributed by atoms with Crippen molar-refractivity contribution in [2.45, 2.75) is 20.5 Å². The first-order chi connectivity index (χ1) is 7.53. The molecule has 0 fully saturated rings. The van der Waals surface area contributed by atoms with Crippen LogP contribution in [0.4, 0.5) is 0 Å². The number of hydrogen-bond acceptors (Lipinski definition) is 2. The summed E-state index contributed by atoms with van der Waals surface area (Å²) >= 11 is 3.45. The molecular weight excluding hydrogens is 266 g/mol. The van der Waals surface area contributed by atoms with Crippen LogP contribution in [0.2, 0.25) is 0 Å². The number of ether oxygens (including phenoxy) is 1. The predicted octanol–water partition coefficient (Wildman–Crippen LogP) is 3.21. The molecule has 0 heterocycles. The van der Waals surface area contributed by atoms with Gasteiger partial charge in [-0.25, -0.2) is 0 Å². The Balaban J connectivity index is 2.35. The van der Waals surface area contributed by atoms with E-state index in [-0.39, 0.29) is 5.41 Å². The maximum Gasteiger partial charge on any atom is 0.0717 e. The predicted molar refractivity (Wildman–Crippen MR) is 71.5 cm³/mol. The Labute approximate surface area is 107 Å². The smallest absolute Gasteiger partial charge is 0.0717 e. The summed E-state index contributed by atoms with van der Waals surface area (Å²) in [4.78, 5) is 0. The third-order valence-electron chi connectivity index (χ3n) is 2.31. The van der Waals surface area contributed by atoms with Crippen LogP contribution >= 0.6 is 15.9 Å². The maximum atomic E-state index is 5.73. The van der Waals surface area contributed by atoms with Gasteiger partial charge < -0.3 is 10.1 Å². The van der Waals surface area contributed by atoms with E-state index in [9.17, 15) is 0 Å². The Morgan fingerprint density at radius 2 is 2.12 bits per heavy atom. The molecule has 1 aromatic rings. The molecule has 0 aliphatic heterocycles. The van der Waals surface area contributed by atoms with Crippen LogP contribution in [-0.4, -0.2) is 20.2 Å². The lowest BCUT2D eigenvalue weighted by Crippen LogP contribution is -2.31. The molecule has 3 heteroatoms.